The van der Waals surface area contributed by atoms with Crippen molar-refractivity contribution >= 4 is 17.1 Å². The van der Waals surface area contributed by atoms with E-state index in [1.807, 2.05) is 0 Å². The fourth-order valence-corrected chi connectivity index (χ4v) is 2.65. The molecular formula is C11H14N8O5. The van der Waals surface area contributed by atoms with Crippen LogP contribution in [-0.4, -0.2) is 61.4 Å². The second-order valence-corrected chi connectivity index (χ2v) is 5.10. The van der Waals surface area contributed by atoms with Gasteiger partial charge in [-0.05, 0) is 5.53 Å². The third-order valence-electron chi connectivity index (χ3n) is 3.86. The molecule has 0 unspecified atom stereocenters. The highest BCUT2D eigenvalue weighted by atomic mass is 16.7. The molecule has 2 aromatic heterocycles. The Morgan fingerprint density at radius 1 is 1.71 bits per heavy atom. The summed E-state index contributed by atoms with van der Waals surface area (Å²) in [5.41, 5.74) is 13.8. The molecule has 13 nitrogen and oxygen atoms in total. The molecule has 0 radical (unpaired) electrons. The normalized spacial score (nSPS) is 29.7. The number of imidazole rings is 1. The van der Waals surface area contributed by atoms with Crippen molar-refractivity contribution in [3.8, 4) is 0 Å². The number of methoxy groups -OCH3 is 1. The van der Waals surface area contributed by atoms with Gasteiger partial charge < -0.3 is 25.4 Å². The van der Waals surface area contributed by atoms with Crippen molar-refractivity contribution in [2.75, 3.05) is 19.5 Å². The van der Waals surface area contributed by atoms with E-state index < -0.39 is 36.3 Å². The number of nitrogens with zero attached hydrogens (tertiary/aromatic N) is 6. The molecule has 128 valence electrons. The van der Waals surface area contributed by atoms with E-state index in [4.69, 9.17) is 20.7 Å². The van der Waals surface area contributed by atoms with Crippen molar-refractivity contribution in [1.29, 1.82) is 0 Å². The van der Waals surface area contributed by atoms with Crippen molar-refractivity contribution in [3.63, 3.8) is 0 Å². The van der Waals surface area contributed by atoms with Crippen LogP contribution in [-0.2, 0) is 9.47 Å². The minimum absolute atomic E-state index is 0.0131. The predicted octanol–water partition coefficient (Wildman–Crippen LogP) is -1.39. The third kappa shape index (κ3) is 2.19. The summed E-state index contributed by atoms with van der Waals surface area (Å²) in [4.78, 5) is 24.7. The largest absolute Gasteiger partial charge is 0.391 e. The lowest BCUT2D eigenvalue weighted by Gasteiger charge is -2.28. The molecule has 3 heterocycles. The average molecular weight is 338 g/mol. The number of H-pyrrole nitrogens is 1. The number of nitrogen functional groups attached to an aromatic ring is 1. The van der Waals surface area contributed by atoms with E-state index in [1.54, 1.807) is 0 Å². The fourth-order valence-electron chi connectivity index (χ4n) is 2.65. The van der Waals surface area contributed by atoms with Gasteiger partial charge in [0.1, 0.15) is 12.1 Å². The fraction of sp³-hybridized carbons (Fsp3) is 0.545. The number of aromatic nitrogens is 4. The van der Waals surface area contributed by atoms with Crippen LogP contribution in [0.25, 0.3) is 21.6 Å². The maximum atomic E-state index is 11.9. The molecule has 1 fully saturated rings. The molecule has 0 saturated carbocycles. The Labute approximate surface area is 133 Å². The lowest BCUT2D eigenvalue weighted by atomic mass is 10.1. The van der Waals surface area contributed by atoms with Crippen LogP contribution in [0.15, 0.2) is 16.2 Å². The van der Waals surface area contributed by atoms with Crippen LogP contribution in [0.1, 0.15) is 6.23 Å². The Bertz CT molecular complexity index is 867. The number of aliphatic hydroxyl groups is 2. The van der Waals surface area contributed by atoms with Gasteiger partial charge >= 0.3 is 0 Å². The SMILES string of the molecule is CO[C@]1(CO)O[C@@H](n2cnc3c(=O)[nH]c(N)nc32)[C@@H](N=[N+]=[N-])[C@@H]1O. The van der Waals surface area contributed by atoms with Gasteiger partial charge in [-0.2, -0.15) is 4.98 Å². The Hall–Kier alpha value is -2.70. The Morgan fingerprint density at radius 3 is 3.08 bits per heavy atom. The molecular weight excluding hydrogens is 324 g/mol. The number of aliphatic hydroxyl groups excluding tert-OH is 2. The van der Waals surface area contributed by atoms with E-state index in [0.717, 1.165) is 0 Å². The van der Waals surface area contributed by atoms with Crippen LogP contribution < -0.4 is 11.3 Å². The van der Waals surface area contributed by atoms with Gasteiger partial charge in [0.2, 0.25) is 11.7 Å². The number of anilines is 1. The second-order valence-electron chi connectivity index (χ2n) is 5.10. The van der Waals surface area contributed by atoms with E-state index in [-0.39, 0.29) is 17.1 Å². The van der Waals surface area contributed by atoms with Gasteiger partial charge in [-0.3, -0.25) is 14.3 Å². The van der Waals surface area contributed by atoms with E-state index in [0.29, 0.717) is 0 Å². The summed E-state index contributed by atoms with van der Waals surface area (Å²) in [6.45, 7) is -0.693. The molecule has 0 aromatic carbocycles. The maximum Gasteiger partial charge on any atom is 0.280 e. The van der Waals surface area contributed by atoms with Crippen molar-refractivity contribution < 1.29 is 19.7 Å². The number of azide groups is 1. The standard InChI is InChI=1S/C11H14N8O5/c1-23-11(2-20)6(21)4(17-18-13)9(24-11)19-3-14-5-7(19)15-10(12)16-8(5)22/h3-4,6,9,20-21H,2H2,1H3,(H3,12,15,16,22)/t4-,6-,9+,11+/m0/s1. The Balaban J connectivity index is 2.17. The number of rotatable bonds is 4. The van der Waals surface area contributed by atoms with Crippen LogP contribution in [0.5, 0.6) is 0 Å². The van der Waals surface area contributed by atoms with Gasteiger partial charge in [0.25, 0.3) is 5.56 Å². The zero-order valence-electron chi connectivity index (χ0n) is 12.4. The van der Waals surface area contributed by atoms with Gasteiger partial charge in [0, 0.05) is 12.0 Å². The van der Waals surface area contributed by atoms with Crippen molar-refractivity contribution in [2.24, 2.45) is 5.11 Å². The van der Waals surface area contributed by atoms with E-state index >= 15 is 0 Å². The summed E-state index contributed by atoms with van der Waals surface area (Å²) >= 11 is 0. The highest BCUT2D eigenvalue weighted by Gasteiger charge is 2.56. The Kier molecular flexibility index (Phi) is 3.87. The molecule has 1 saturated heterocycles. The molecule has 1 aliphatic heterocycles. The topological polar surface area (TPSA) is 197 Å². The number of fused-ring (bicyclic) bond motifs is 1. The molecule has 0 bridgehead atoms. The van der Waals surface area contributed by atoms with Crippen LogP contribution in [0.2, 0.25) is 0 Å². The molecule has 3 rings (SSSR count). The van der Waals surface area contributed by atoms with E-state index in [2.05, 4.69) is 25.0 Å². The molecule has 2 aromatic rings. The summed E-state index contributed by atoms with van der Waals surface area (Å²) in [6, 6.07) is -1.16. The first-order valence-corrected chi connectivity index (χ1v) is 6.76. The molecule has 4 atom stereocenters. The molecule has 5 N–H and O–H groups in total. The summed E-state index contributed by atoms with van der Waals surface area (Å²) < 4.78 is 11.9. The highest BCUT2D eigenvalue weighted by molar-refractivity contribution is 5.70. The van der Waals surface area contributed by atoms with Crippen molar-refractivity contribution in [1.82, 2.24) is 19.5 Å². The zero-order chi connectivity index (χ0) is 17.5. The number of ether oxygens (including phenoxy) is 2. The Morgan fingerprint density at radius 2 is 2.46 bits per heavy atom. The van der Waals surface area contributed by atoms with Gasteiger partial charge in [0.15, 0.2) is 17.4 Å². The predicted molar refractivity (Wildman–Crippen MR) is 78.4 cm³/mol. The number of nitrogens with one attached hydrogen (secondary N) is 1. The van der Waals surface area contributed by atoms with Gasteiger partial charge in [-0.25, -0.2) is 4.98 Å². The summed E-state index contributed by atoms with van der Waals surface area (Å²) in [7, 11) is 1.22. The van der Waals surface area contributed by atoms with Gasteiger partial charge in [-0.1, -0.05) is 5.11 Å². The van der Waals surface area contributed by atoms with Crippen molar-refractivity contribution in [3.05, 3.63) is 27.1 Å². The average Bonchev–Trinajstić information content (AvgIpc) is 3.09. The minimum Gasteiger partial charge on any atom is -0.391 e. The van der Waals surface area contributed by atoms with Crippen LogP contribution in [0, 0.1) is 0 Å². The number of nitrogens with two attached hydrogens (primary N) is 1. The smallest absolute Gasteiger partial charge is 0.280 e. The van der Waals surface area contributed by atoms with E-state index in [9.17, 15) is 15.0 Å². The third-order valence-corrected chi connectivity index (χ3v) is 3.86. The quantitative estimate of drug-likeness (QED) is 0.296. The first-order chi connectivity index (χ1) is 11.5. The first-order valence-electron chi connectivity index (χ1n) is 6.76. The second kappa shape index (κ2) is 5.74. The zero-order valence-corrected chi connectivity index (χ0v) is 12.4. The monoisotopic (exact) mass is 338 g/mol. The highest BCUT2D eigenvalue weighted by Crippen LogP contribution is 2.40. The number of hydrogen-bond donors (Lipinski definition) is 4. The number of hydrogen-bond acceptors (Lipinski definition) is 9. The first kappa shape index (κ1) is 16.2. The molecule has 0 aliphatic carbocycles. The molecule has 13 heteroatoms. The summed E-state index contributed by atoms with van der Waals surface area (Å²) in [5, 5.41) is 23.4. The van der Waals surface area contributed by atoms with Gasteiger partial charge in [0.05, 0.1) is 12.9 Å². The lowest BCUT2D eigenvalue weighted by molar-refractivity contribution is -0.269. The number of aromatic amines is 1. The molecule has 0 spiro atoms. The van der Waals surface area contributed by atoms with Gasteiger partial charge in [-0.15, -0.1) is 0 Å². The van der Waals surface area contributed by atoms with E-state index in [1.165, 1.54) is 18.0 Å². The van der Waals surface area contributed by atoms with Crippen molar-refractivity contribution in [2.45, 2.75) is 24.2 Å². The van der Waals surface area contributed by atoms with Crippen LogP contribution in [0.4, 0.5) is 5.95 Å². The molecule has 24 heavy (non-hydrogen) atoms. The van der Waals surface area contributed by atoms with Crippen LogP contribution >= 0.6 is 0 Å². The molecule has 0 amide bonds. The summed E-state index contributed by atoms with van der Waals surface area (Å²) in [6.07, 6.45) is -1.36. The lowest BCUT2D eigenvalue weighted by Crippen LogP contribution is -2.47. The maximum absolute atomic E-state index is 11.9. The van der Waals surface area contributed by atoms with Crippen LogP contribution in [0.3, 0.4) is 0 Å². The molecule has 1 aliphatic rings. The summed E-state index contributed by atoms with van der Waals surface area (Å²) in [5.74, 6) is -1.94. The minimum atomic E-state index is -1.80.